The molecule has 1 unspecified atom stereocenters. The van der Waals surface area contributed by atoms with Gasteiger partial charge >= 0.3 is 0 Å². The molecule has 100 valence electrons. The summed E-state index contributed by atoms with van der Waals surface area (Å²) in [4.78, 5) is 0. The van der Waals surface area contributed by atoms with Crippen molar-refractivity contribution in [3.8, 4) is 5.75 Å². The van der Waals surface area contributed by atoms with Gasteiger partial charge in [0.1, 0.15) is 5.75 Å². The van der Waals surface area contributed by atoms with Gasteiger partial charge < -0.3 is 4.74 Å². The minimum Gasteiger partial charge on any atom is -0.497 e. The molecular weight excluding hydrogens is 304 g/mol. The zero-order chi connectivity index (χ0) is 13.8. The molecule has 0 aromatic heterocycles. The minimum absolute atomic E-state index is 0.0391. The van der Waals surface area contributed by atoms with Gasteiger partial charge in [0, 0.05) is 4.47 Å². The van der Waals surface area contributed by atoms with E-state index in [0.717, 1.165) is 21.3 Å². The van der Waals surface area contributed by atoms with Crippen molar-refractivity contribution in [3.63, 3.8) is 0 Å². The molecular formula is C15H17BrN2O. The van der Waals surface area contributed by atoms with Gasteiger partial charge in [-0.15, -0.1) is 0 Å². The molecule has 0 spiro atoms. The Hall–Kier alpha value is -1.36. The third-order valence-corrected chi connectivity index (χ3v) is 4.00. The third kappa shape index (κ3) is 3.15. The van der Waals surface area contributed by atoms with E-state index in [9.17, 15) is 0 Å². The van der Waals surface area contributed by atoms with Crippen molar-refractivity contribution >= 4 is 15.9 Å². The van der Waals surface area contributed by atoms with Crippen LogP contribution >= 0.6 is 15.9 Å². The highest BCUT2D eigenvalue weighted by atomic mass is 79.9. The average molecular weight is 321 g/mol. The number of rotatable bonds is 4. The summed E-state index contributed by atoms with van der Waals surface area (Å²) in [5, 5.41) is 0. The van der Waals surface area contributed by atoms with Gasteiger partial charge in [0.2, 0.25) is 0 Å². The first kappa shape index (κ1) is 14.1. The van der Waals surface area contributed by atoms with E-state index >= 15 is 0 Å². The summed E-state index contributed by atoms with van der Waals surface area (Å²) >= 11 is 3.55. The highest BCUT2D eigenvalue weighted by Crippen LogP contribution is 2.27. The van der Waals surface area contributed by atoms with Crippen molar-refractivity contribution in [3.05, 3.63) is 63.6 Å². The average Bonchev–Trinajstić information content (AvgIpc) is 2.44. The number of methoxy groups -OCH3 is 1. The van der Waals surface area contributed by atoms with Crippen molar-refractivity contribution in [2.45, 2.75) is 13.0 Å². The highest BCUT2D eigenvalue weighted by molar-refractivity contribution is 9.10. The maximum absolute atomic E-state index is 5.70. The Morgan fingerprint density at radius 2 is 1.74 bits per heavy atom. The molecule has 0 saturated heterocycles. The number of aryl methyl sites for hydroxylation is 1. The number of nitrogens with one attached hydrogen (secondary N) is 1. The molecule has 0 aliphatic carbocycles. The molecule has 3 N–H and O–H groups in total. The molecule has 0 aliphatic rings. The van der Waals surface area contributed by atoms with Crippen LogP contribution in [0.3, 0.4) is 0 Å². The maximum atomic E-state index is 5.70. The van der Waals surface area contributed by atoms with Crippen molar-refractivity contribution < 1.29 is 4.74 Å². The smallest absolute Gasteiger partial charge is 0.118 e. The largest absolute Gasteiger partial charge is 0.497 e. The fraction of sp³-hybridized carbons (Fsp3) is 0.200. The number of hydrazine groups is 1. The Labute approximate surface area is 121 Å². The second-order valence-electron chi connectivity index (χ2n) is 4.38. The molecule has 0 fully saturated rings. The molecule has 0 radical (unpaired) electrons. The van der Waals surface area contributed by atoms with Gasteiger partial charge in [0.25, 0.3) is 0 Å². The van der Waals surface area contributed by atoms with Gasteiger partial charge in [-0.3, -0.25) is 5.84 Å². The number of ether oxygens (including phenoxy) is 1. The van der Waals surface area contributed by atoms with Crippen LogP contribution < -0.4 is 16.0 Å². The van der Waals surface area contributed by atoms with Crippen molar-refractivity contribution in [2.75, 3.05) is 7.11 Å². The lowest BCUT2D eigenvalue weighted by Gasteiger charge is -2.18. The van der Waals surface area contributed by atoms with E-state index in [2.05, 4.69) is 46.5 Å². The molecule has 2 aromatic rings. The van der Waals surface area contributed by atoms with Crippen LogP contribution in [0.4, 0.5) is 0 Å². The minimum atomic E-state index is -0.0391. The molecule has 1 atom stereocenters. The summed E-state index contributed by atoms with van der Waals surface area (Å²) in [6.07, 6.45) is 0. The normalized spacial score (nSPS) is 12.2. The Kier molecular flexibility index (Phi) is 4.58. The van der Waals surface area contributed by atoms with Gasteiger partial charge in [0.05, 0.1) is 13.2 Å². The van der Waals surface area contributed by atoms with Crippen LogP contribution in [0.25, 0.3) is 0 Å². The zero-order valence-electron chi connectivity index (χ0n) is 11.0. The first-order valence-electron chi connectivity index (χ1n) is 6.02. The van der Waals surface area contributed by atoms with Crippen LogP contribution in [-0.2, 0) is 0 Å². The summed E-state index contributed by atoms with van der Waals surface area (Å²) in [6.45, 7) is 2.06. The lowest BCUT2D eigenvalue weighted by atomic mass is 9.98. The van der Waals surface area contributed by atoms with Gasteiger partial charge in [-0.05, 0) is 41.8 Å². The first-order chi connectivity index (χ1) is 9.15. The van der Waals surface area contributed by atoms with Crippen LogP contribution in [0.2, 0.25) is 0 Å². The monoisotopic (exact) mass is 320 g/mol. The van der Waals surface area contributed by atoms with Crippen LogP contribution in [0.1, 0.15) is 22.7 Å². The fourth-order valence-corrected chi connectivity index (χ4v) is 2.37. The predicted molar refractivity (Wildman–Crippen MR) is 81.0 cm³/mol. The standard InChI is InChI=1S/C15H17BrN2O/c1-10-3-4-12(9-14(10)16)15(18-17)11-5-7-13(19-2)8-6-11/h3-9,15,18H,17H2,1-2H3. The van der Waals surface area contributed by atoms with Gasteiger partial charge in [-0.1, -0.05) is 40.2 Å². The lowest BCUT2D eigenvalue weighted by Crippen LogP contribution is -2.28. The molecule has 3 nitrogen and oxygen atoms in total. The summed E-state index contributed by atoms with van der Waals surface area (Å²) in [6, 6.07) is 14.1. The molecule has 2 aromatic carbocycles. The molecule has 2 rings (SSSR count). The van der Waals surface area contributed by atoms with Gasteiger partial charge in [-0.25, -0.2) is 5.43 Å². The van der Waals surface area contributed by atoms with E-state index < -0.39 is 0 Å². The number of benzene rings is 2. The molecule has 4 heteroatoms. The Morgan fingerprint density at radius 3 is 2.26 bits per heavy atom. The van der Waals surface area contributed by atoms with E-state index in [0.29, 0.717) is 0 Å². The number of halogens is 1. The molecule has 0 bridgehead atoms. The zero-order valence-corrected chi connectivity index (χ0v) is 12.6. The summed E-state index contributed by atoms with van der Waals surface area (Å²) < 4.78 is 6.25. The van der Waals surface area contributed by atoms with E-state index in [1.165, 1.54) is 5.56 Å². The van der Waals surface area contributed by atoms with Crippen LogP contribution in [0.15, 0.2) is 46.9 Å². The SMILES string of the molecule is COc1ccc(C(NN)c2ccc(C)c(Br)c2)cc1. The topological polar surface area (TPSA) is 47.3 Å². The first-order valence-corrected chi connectivity index (χ1v) is 6.81. The quantitative estimate of drug-likeness (QED) is 0.671. The predicted octanol–water partition coefficient (Wildman–Crippen LogP) is 3.32. The van der Waals surface area contributed by atoms with Crippen molar-refractivity contribution in [1.29, 1.82) is 0 Å². The Bertz CT molecular complexity index is 555. The van der Waals surface area contributed by atoms with E-state index in [1.54, 1.807) is 7.11 Å². The van der Waals surface area contributed by atoms with E-state index in [-0.39, 0.29) is 6.04 Å². The van der Waals surface area contributed by atoms with E-state index in [1.807, 2.05) is 24.3 Å². The number of hydrogen-bond donors (Lipinski definition) is 2. The molecule has 0 heterocycles. The Morgan fingerprint density at radius 1 is 1.11 bits per heavy atom. The number of nitrogens with two attached hydrogens (primary N) is 1. The molecule has 0 saturated carbocycles. The summed E-state index contributed by atoms with van der Waals surface area (Å²) in [5.41, 5.74) is 6.27. The second kappa shape index (κ2) is 6.19. The number of hydrogen-bond acceptors (Lipinski definition) is 3. The van der Waals surface area contributed by atoms with Crippen LogP contribution in [0, 0.1) is 6.92 Å². The molecule has 0 amide bonds. The Balaban J connectivity index is 2.34. The van der Waals surface area contributed by atoms with Crippen LogP contribution in [0.5, 0.6) is 5.75 Å². The summed E-state index contributed by atoms with van der Waals surface area (Å²) in [5.74, 6) is 6.54. The van der Waals surface area contributed by atoms with Gasteiger partial charge in [-0.2, -0.15) is 0 Å². The molecule has 0 aliphatic heterocycles. The fourth-order valence-electron chi connectivity index (χ4n) is 1.97. The maximum Gasteiger partial charge on any atom is 0.118 e. The van der Waals surface area contributed by atoms with Gasteiger partial charge in [0.15, 0.2) is 0 Å². The van der Waals surface area contributed by atoms with Crippen molar-refractivity contribution in [1.82, 2.24) is 5.43 Å². The second-order valence-corrected chi connectivity index (χ2v) is 5.24. The van der Waals surface area contributed by atoms with Crippen LogP contribution in [-0.4, -0.2) is 7.11 Å². The highest BCUT2D eigenvalue weighted by Gasteiger charge is 2.13. The lowest BCUT2D eigenvalue weighted by molar-refractivity contribution is 0.414. The van der Waals surface area contributed by atoms with Crippen molar-refractivity contribution in [2.24, 2.45) is 5.84 Å². The third-order valence-electron chi connectivity index (χ3n) is 3.15. The summed E-state index contributed by atoms with van der Waals surface area (Å²) in [7, 11) is 1.66. The van der Waals surface area contributed by atoms with E-state index in [4.69, 9.17) is 10.6 Å². The molecule has 19 heavy (non-hydrogen) atoms.